The standard InChI is InChI=1S/C15H23ClN2O/c1-12(9-13-3-5-14(16)6-4-13)17-10-15-11-18(2)7-8-19-15/h3-6,12,15,17H,7-11H2,1-2H3. The van der Waals surface area contributed by atoms with Crippen molar-refractivity contribution in [1.82, 2.24) is 10.2 Å². The van der Waals surface area contributed by atoms with Crippen molar-refractivity contribution in [3.8, 4) is 0 Å². The van der Waals surface area contributed by atoms with Crippen LogP contribution in [-0.4, -0.2) is 50.3 Å². The minimum Gasteiger partial charge on any atom is -0.374 e. The largest absolute Gasteiger partial charge is 0.374 e. The number of nitrogens with one attached hydrogen (secondary N) is 1. The molecule has 1 aliphatic heterocycles. The van der Waals surface area contributed by atoms with Gasteiger partial charge in [-0.3, -0.25) is 0 Å². The molecule has 2 unspecified atom stereocenters. The minimum absolute atomic E-state index is 0.311. The van der Waals surface area contributed by atoms with Crippen LogP contribution in [0.25, 0.3) is 0 Å². The van der Waals surface area contributed by atoms with E-state index < -0.39 is 0 Å². The predicted octanol–water partition coefficient (Wildman–Crippen LogP) is 2.19. The molecule has 1 N–H and O–H groups in total. The summed E-state index contributed by atoms with van der Waals surface area (Å²) < 4.78 is 5.74. The van der Waals surface area contributed by atoms with Crippen LogP contribution in [0, 0.1) is 0 Å². The van der Waals surface area contributed by atoms with Crippen molar-refractivity contribution >= 4 is 11.6 Å². The van der Waals surface area contributed by atoms with E-state index in [9.17, 15) is 0 Å². The lowest BCUT2D eigenvalue weighted by Crippen LogP contribution is -2.46. The maximum atomic E-state index is 5.89. The van der Waals surface area contributed by atoms with E-state index in [0.717, 1.165) is 37.7 Å². The highest BCUT2D eigenvalue weighted by Gasteiger charge is 2.17. The molecule has 0 aliphatic carbocycles. The third kappa shape index (κ3) is 5.11. The third-order valence-corrected chi connectivity index (χ3v) is 3.74. The van der Waals surface area contributed by atoms with E-state index in [1.807, 2.05) is 12.1 Å². The Morgan fingerprint density at radius 3 is 2.84 bits per heavy atom. The number of halogens is 1. The molecule has 1 aromatic carbocycles. The first-order chi connectivity index (χ1) is 9.13. The third-order valence-electron chi connectivity index (χ3n) is 3.49. The van der Waals surface area contributed by atoms with Crippen molar-refractivity contribution in [3.63, 3.8) is 0 Å². The summed E-state index contributed by atoms with van der Waals surface area (Å²) in [5.41, 5.74) is 1.31. The SMILES string of the molecule is CC(Cc1ccc(Cl)cc1)NCC1CN(C)CCO1. The molecule has 0 amide bonds. The summed E-state index contributed by atoms with van der Waals surface area (Å²) in [7, 11) is 2.15. The molecule has 106 valence electrons. The lowest BCUT2D eigenvalue weighted by Gasteiger charge is -2.31. The summed E-state index contributed by atoms with van der Waals surface area (Å²) in [6.07, 6.45) is 1.33. The summed E-state index contributed by atoms with van der Waals surface area (Å²) in [6.45, 7) is 6.02. The van der Waals surface area contributed by atoms with E-state index >= 15 is 0 Å². The number of hydrogen-bond acceptors (Lipinski definition) is 3. The van der Waals surface area contributed by atoms with Gasteiger partial charge in [-0.2, -0.15) is 0 Å². The molecular weight excluding hydrogens is 260 g/mol. The van der Waals surface area contributed by atoms with Crippen molar-refractivity contribution in [2.24, 2.45) is 0 Å². The van der Waals surface area contributed by atoms with Crippen LogP contribution in [0.15, 0.2) is 24.3 Å². The molecular formula is C15H23ClN2O. The molecule has 0 aromatic heterocycles. The van der Waals surface area contributed by atoms with Gasteiger partial charge in [0.1, 0.15) is 0 Å². The molecule has 1 aromatic rings. The zero-order valence-electron chi connectivity index (χ0n) is 11.7. The van der Waals surface area contributed by atoms with Crippen LogP contribution in [0.2, 0.25) is 5.02 Å². The second-order valence-corrected chi connectivity index (χ2v) is 5.83. The van der Waals surface area contributed by atoms with Crippen molar-refractivity contribution in [1.29, 1.82) is 0 Å². The van der Waals surface area contributed by atoms with Gasteiger partial charge in [-0.05, 0) is 38.1 Å². The van der Waals surface area contributed by atoms with E-state index in [0.29, 0.717) is 12.1 Å². The molecule has 4 heteroatoms. The molecule has 3 nitrogen and oxygen atoms in total. The number of morpholine rings is 1. The van der Waals surface area contributed by atoms with E-state index in [-0.39, 0.29) is 0 Å². The Balaban J connectivity index is 1.72. The summed E-state index contributed by atoms with van der Waals surface area (Å²) in [5, 5.41) is 4.35. The van der Waals surface area contributed by atoms with Gasteiger partial charge in [0, 0.05) is 30.7 Å². The number of ether oxygens (including phenoxy) is 1. The number of benzene rings is 1. The van der Waals surface area contributed by atoms with E-state index in [4.69, 9.17) is 16.3 Å². The maximum Gasteiger partial charge on any atom is 0.0826 e. The average molecular weight is 283 g/mol. The van der Waals surface area contributed by atoms with Crippen LogP contribution in [0.1, 0.15) is 12.5 Å². The minimum atomic E-state index is 0.311. The molecule has 1 fully saturated rings. The van der Waals surface area contributed by atoms with Gasteiger partial charge in [-0.15, -0.1) is 0 Å². The Bertz CT molecular complexity index is 382. The quantitative estimate of drug-likeness (QED) is 0.896. The van der Waals surface area contributed by atoms with Gasteiger partial charge < -0.3 is 15.0 Å². The van der Waals surface area contributed by atoms with E-state index in [1.165, 1.54) is 5.56 Å². The zero-order valence-corrected chi connectivity index (χ0v) is 12.5. The van der Waals surface area contributed by atoms with E-state index in [2.05, 4.69) is 36.3 Å². The first-order valence-corrected chi connectivity index (χ1v) is 7.29. The Morgan fingerprint density at radius 1 is 1.42 bits per heavy atom. The highest BCUT2D eigenvalue weighted by atomic mass is 35.5. The molecule has 0 radical (unpaired) electrons. The van der Waals surface area contributed by atoms with Gasteiger partial charge in [-0.1, -0.05) is 23.7 Å². The fourth-order valence-corrected chi connectivity index (χ4v) is 2.50. The van der Waals surface area contributed by atoms with Crippen LogP contribution in [-0.2, 0) is 11.2 Å². The molecule has 19 heavy (non-hydrogen) atoms. The Labute approximate surface area is 120 Å². The monoisotopic (exact) mass is 282 g/mol. The fourth-order valence-electron chi connectivity index (χ4n) is 2.37. The first kappa shape index (κ1) is 14.8. The van der Waals surface area contributed by atoms with Crippen LogP contribution in [0.3, 0.4) is 0 Å². The lowest BCUT2D eigenvalue weighted by molar-refractivity contribution is -0.0190. The fraction of sp³-hybridized carbons (Fsp3) is 0.600. The van der Waals surface area contributed by atoms with Crippen molar-refractivity contribution in [2.75, 3.05) is 33.3 Å². The van der Waals surface area contributed by atoms with Crippen LogP contribution >= 0.6 is 11.6 Å². The maximum absolute atomic E-state index is 5.89. The Morgan fingerprint density at radius 2 is 2.16 bits per heavy atom. The van der Waals surface area contributed by atoms with Gasteiger partial charge in [0.05, 0.1) is 12.7 Å². The zero-order chi connectivity index (χ0) is 13.7. The first-order valence-electron chi connectivity index (χ1n) is 6.91. The molecule has 0 bridgehead atoms. The molecule has 0 saturated carbocycles. The van der Waals surface area contributed by atoms with Gasteiger partial charge in [0.15, 0.2) is 0 Å². The van der Waals surface area contributed by atoms with Crippen molar-refractivity contribution in [3.05, 3.63) is 34.9 Å². The summed E-state index contributed by atoms with van der Waals surface area (Å²) in [5.74, 6) is 0. The summed E-state index contributed by atoms with van der Waals surface area (Å²) in [4.78, 5) is 2.32. The molecule has 1 aliphatic rings. The van der Waals surface area contributed by atoms with Gasteiger partial charge in [0.2, 0.25) is 0 Å². The van der Waals surface area contributed by atoms with Crippen molar-refractivity contribution in [2.45, 2.75) is 25.5 Å². The predicted molar refractivity (Wildman–Crippen MR) is 79.9 cm³/mol. The number of rotatable bonds is 5. The second kappa shape index (κ2) is 7.25. The summed E-state index contributed by atoms with van der Waals surface area (Å²) >= 11 is 5.89. The molecule has 1 saturated heterocycles. The average Bonchev–Trinajstić information content (AvgIpc) is 2.39. The molecule has 1 heterocycles. The van der Waals surface area contributed by atoms with Crippen LogP contribution in [0.4, 0.5) is 0 Å². The normalized spacial score (nSPS) is 22.4. The van der Waals surface area contributed by atoms with E-state index in [1.54, 1.807) is 0 Å². The Hall–Kier alpha value is -0.610. The van der Waals surface area contributed by atoms with Crippen LogP contribution in [0.5, 0.6) is 0 Å². The smallest absolute Gasteiger partial charge is 0.0826 e. The Kier molecular flexibility index (Phi) is 5.64. The molecule has 0 spiro atoms. The number of likely N-dealkylation sites (N-methyl/N-ethyl adjacent to an activating group) is 1. The number of hydrogen-bond donors (Lipinski definition) is 1. The van der Waals surface area contributed by atoms with Gasteiger partial charge in [0.25, 0.3) is 0 Å². The molecule has 2 rings (SSSR count). The summed E-state index contributed by atoms with van der Waals surface area (Å²) in [6, 6.07) is 8.51. The van der Waals surface area contributed by atoms with Crippen molar-refractivity contribution < 1.29 is 4.74 Å². The highest BCUT2D eigenvalue weighted by Crippen LogP contribution is 2.11. The molecule has 2 atom stereocenters. The highest BCUT2D eigenvalue weighted by molar-refractivity contribution is 6.30. The van der Waals surface area contributed by atoms with Crippen LogP contribution < -0.4 is 5.32 Å². The number of nitrogens with zero attached hydrogens (tertiary/aromatic N) is 1. The van der Waals surface area contributed by atoms with Gasteiger partial charge >= 0.3 is 0 Å². The van der Waals surface area contributed by atoms with Gasteiger partial charge in [-0.25, -0.2) is 0 Å². The lowest BCUT2D eigenvalue weighted by atomic mass is 10.1. The topological polar surface area (TPSA) is 24.5 Å². The second-order valence-electron chi connectivity index (χ2n) is 5.39.